The van der Waals surface area contributed by atoms with Gasteiger partial charge in [-0.25, -0.2) is 0 Å². The van der Waals surface area contributed by atoms with Crippen LogP contribution in [0.1, 0.15) is 30.7 Å². The second-order valence-electron chi connectivity index (χ2n) is 7.37. The van der Waals surface area contributed by atoms with Gasteiger partial charge in [-0.2, -0.15) is 0 Å². The van der Waals surface area contributed by atoms with Crippen LogP contribution in [-0.4, -0.2) is 56.7 Å². The van der Waals surface area contributed by atoms with Crippen LogP contribution in [0.3, 0.4) is 0 Å². The fraction of sp³-hybridized carbons (Fsp3) is 0.579. The molecule has 7 nitrogen and oxygen atoms in total. The Kier molecular flexibility index (Phi) is 4.82. The van der Waals surface area contributed by atoms with Crippen molar-refractivity contribution in [2.75, 3.05) is 26.3 Å². The number of ether oxygens (including phenoxy) is 2. The SMILES string of the molecule is Cn1cnnc1CC1(O)CCCN(Cc2cccc3c2OCCCO3)C1. The summed E-state index contributed by atoms with van der Waals surface area (Å²) in [5.41, 5.74) is 0.342. The van der Waals surface area contributed by atoms with E-state index in [4.69, 9.17) is 9.47 Å². The molecule has 1 aromatic heterocycles. The molecule has 3 heterocycles. The van der Waals surface area contributed by atoms with E-state index in [0.29, 0.717) is 26.2 Å². The molecule has 2 aliphatic rings. The van der Waals surface area contributed by atoms with Crippen LogP contribution in [0.15, 0.2) is 24.5 Å². The summed E-state index contributed by atoms with van der Waals surface area (Å²) in [6.07, 6.45) is 4.83. The number of para-hydroxylation sites is 1. The van der Waals surface area contributed by atoms with Crippen molar-refractivity contribution >= 4 is 0 Å². The molecule has 2 aromatic rings. The van der Waals surface area contributed by atoms with E-state index in [2.05, 4.69) is 21.2 Å². The Morgan fingerprint density at radius 1 is 1.23 bits per heavy atom. The van der Waals surface area contributed by atoms with E-state index in [0.717, 1.165) is 55.2 Å². The van der Waals surface area contributed by atoms with Crippen LogP contribution >= 0.6 is 0 Å². The number of benzene rings is 1. The highest BCUT2D eigenvalue weighted by atomic mass is 16.5. The molecule has 140 valence electrons. The fourth-order valence-corrected chi connectivity index (χ4v) is 3.87. The van der Waals surface area contributed by atoms with Gasteiger partial charge >= 0.3 is 0 Å². The summed E-state index contributed by atoms with van der Waals surface area (Å²) < 4.78 is 13.6. The molecule has 2 aliphatic heterocycles. The Labute approximate surface area is 153 Å². The summed E-state index contributed by atoms with van der Waals surface area (Å²) in [5, 5.41) is 19.2. The molecule has 0 radical (unpaired) electrons. The number of nitrogens with zero attached hydrogens (tertiary/aromatic N) is 4. The van der Waals surface area contributed by atoms with E-state index in [1.165, 1.54) is 0 Å². The summed E-state index contributed by atoms with van der Waals surface area (Å²) in [6, 6.07) is 6.06. The van der Waals surface area contributed by atoms with E-state index in [1.54, 1.807) is 6.33 Å². The molecule has 4 rings (SSSR count). The lowest BCUT2D eigenvalue weighted by Crippen LogP contribution is -2.49. The standard InChI is InChI=1S/C19H26N4O3/c1-22-14-20-21-17(22)11-19(24)7-3-8-23(13-19)12-15-5-2-6-16-18(15)26-10-4-9-25-16/h2,5-6,14,24H,3-4,7-13H2,1H3. The number of rotatable bonds is 4. The maximum atomic E-state index is 11.1. The molecule has 26 heavy (non-hydrogen) atoms. The summed E-state index contributed by atoms with van der Waals surface area (Å²) in [4.78, 5) is 2.30. The normalized spacial score (nSPS) is 23.6. The Hall–Kier alpha value is -2.12. The molecule has 0 bridgehead atoms. The zero-order valence-electron chi connectivity index (χ0n) is 15.2. The quantitative estimate of drug-likeness (QED) is 0.894. The van der Waals surface area contributed by atoms with Gasteiger partial charge in [-0.15, -0.1) is 10.2 Å². The zero-order valence-corrected chi connectivity index (χ0v) is 15.2. The number of hydrogen-bond acceptors (Lipinski definition) is 6. The minimum absolute atomic E-state index is 0.520. The van der Waals surface area contributed by atoms with Crippen LogP contribution in [-0.2, 0) is 20.0 Å². The summed E-state index contributed by atoms with van der Waals surface area (Å²) in [5.74, 6) is 2.50. The van der Waals surface area contributed by atoms with Gasteiger partial charge in [0, 0.05) is 38.5 Å². The maximum Gasteiger partial charge on any atom is 0.165 e. The van der Waals surface area contributed by atoms with Crippen LogP contribution in [0.4, 0.5) is 0 Å². The lowest BCUT2D eigenvalue weighted by molar-refractivity contribution is -0.0346. The zero-order chi connectivity index (χ0) is 18.0. The second-order valence-corrected chi connectivity index (χ2v) is 7.37. The minimum atomic E-state index is -0.776. The topological polar surface area (TPSA) is 72.6 Å². The molecule has 0 spiro atoms. The number of aromatic nitrogens is 3. The van der Waals surface area contributed by atoms with Crippen LogP contribution in [0.25, 0.3) is 0 Å². The molecule has 0 saturated carbocycles. The van der Waals surface area contributed by atoms with Crippen LogP contribution < -0.4 is 9.47 Å². The number of aliphatic hydroxyl groups is 1. The third kappa shape index (κ3) is 3.68. The van der Waals surface area contributed by atoms with Crippen molar-refractivity contribution in [2.24, 2.45) is 7.05 Å². The first-order chi connectivity index (χ1) is 12.6. The smallest absolute Gasteiger partial charge is 0.165 e. The largest absolute Gasteiger partial charge is 0.490 e. The van der Waals surface area contributed by atoms with Gasteiger partial charge in [0.25, 0.3) is 0 Å². The van der Waals surface area contributed by atoms with E-state index in [-0.39, 0.29) is 0 Å². The maximum absolute atomic E-state index is 11.1. The van der Waals surface area contributed by atoms with Crippen molar-refractivity contribution in [3.05, 3.63) is 35.9 Å². The predicted molar refractivity (Wildman–Crippen MR) is 96.2 cm³/mol. The van der Waals surface area contributed by atoms with Gasteiger partial charge in [0.15, 0.2) is 11.5 Å². The first kappa shape index (κ1) is 17.3. The number of β-amino-alcohol motifs (C(OH)–C–C–N with tert-alkyl or cyclic N) is 1. The lowest BCUT2D eigenvalue weighted by atomic mass is 9.89. The van der Waals surface area contributed by atoms with Gasteiger partial charge in [-0.05, 0) is 25.5 Å². The third-order valence-corrected chi connectivity index (χ3v) is 5.17. The van der Waals surface area contributed by atoms with Gasteiger partial charge in [-0.3, -0.25) is 4.90 Å². The van der Waals surface area contributed by atoms with E-state index >= 15 is 0 Å². The van der Waals surface area contributed by atoms with Crippen LogP contribution in [0, 0.1) is 0 Å². The molecule has 1 atom stereocenters. The lowest BCUT2D eigenvalue weighted by Gasteiger charge is -2.39. The number of piperidine rings is 1. The first-order valence-corrected chi connectivity index (χ1v) is 9.28. The van der Waals surface area contributed by atoms with Crippen LogP contribution in [0.2, 0.25) is 0 Å². The summed E-state index contributed by atoms with van der Waals surface area (Å²) in [6.45, 7) is 3.70. The van der Waals surface area contributed by atoms with E-state index < -0.39 is 5.60 Å². The van der Waals surface area contributed by atoms with Gasteiger partial charge in [-0.1, -0.05) is 12.1 Å². The third-order valence-electron chi connectivity index (χ3n) is 5.17. The monoisotopic (exact) mass is 358 g/mol. The molecule has 7 heteroatoms. The number of likely N-dealkylation sites (tertiary alicyclic amines) is 1. The summed E-state index contributed by atoms with van der Waals surface area (Å²) in [7, 11) is 1.91. The van der Waals surface area contributed by atoms with Gasteiger partial charge in [0.1, 0.15) is 12.2 Å². The van der Waals surface area contributed by atoms with E-state index in [9.17, 15) is 5.11 Å². The Balaban J connectivity index is 1.48. The van der Waals surface area contributed by atoms with Crippen molar-refractivity contribution in [1.29, 1.82) is 0 Å². The van der Waals surface area contributed by atoms with E-state index in [1.807, 2.05) is 23.7 Å². The van der Waals surface area contributed by atoms with Crippen molar-refractivity contribution in [2.45, 2.75) is 37.8 Å². The van der Waals surface area contributed by atoms with Gasteiger partial charge < -0.3 is 19.1 Å². The first-order valence-electron chi connectivity index (χ1n) is 9.28. The number of hydrogen-bond donors (Lipinski definition) is 1. The molecular formula is C19H26N4O3. The number of aryl methyl sites for hydroxylation is 1. The molecule has 1 aromatic carbocycles. The van der Waals surface area contributed by atoms with Crippen molar-refractivity contribution in [3.8, 4) is 11.5 Å². The highest BCUT2D eigenvalue weighted by Crippen LogP contribution is 2.35. The fourth-order valence-electron chi connectivity index (χ4n) is 3.87. The molecular weight excluding hydrogens is 332 g/mol. The average molecular weight is 358 g/mol. The Morgan fingerprint density at radius 2 is 2.12 bits per heavy atom. The van der Waals surface area contributed by atoms with Crippen LogP contribution in [0.5, 0.6) is 11.5 Å². The van der Waals surface area contributed by atoms with Crippen molar-refractivity contribution in [1.82, 2.24) is 19.7 Å². The molecule has 0 aliphatic carbocycles. The van der Waals surface area contributed by atoms with Gasteiger partial charge in [0.05, 0.1) is 18.8 Å². The second kappa shape index (κ2) is 7.25. The molecule has 1 unspecified atom stereocenters. The molecule has 1 saturated heterocycles. The molecule has 1 fully saturated rings. The number of fused-ring (bicyclic) bond motifs is 1. The summed E-state index contributed by atoms with van der Waals surface area (Å²) >= 11 is 0. The predicted octanol–water partition coefficient (Wildman–Crippen LogP) is 1.55. The Morgan fingerprint density at radius 3 is 2.96 bits per heavy atom. The van der Waals surface area contributed by atoms with Crippen molar-refractivity contribution < 1.29 is 14.6 Å². The molecule has 1 N–H and O–H groups in total. The average Bonchev–Trinajstić information content (AvgIpc) is 2.87. The van der Waals surface area contributed by atoms with Crippen molar-refractivity contribution in [3.63, 3.8) is 0 Å². The van der Waals surface area contributed by atoms with Gasteiger partial charge in [0.2, 0.25) is 0 Å². The minimum Gasteiger partial charge on any atom is -0.490 e. The molecule has 0 amide bonds. The highest BCUT2D eigenvalue weighted by Gasteiger charge is 2.35. The Bertz CT molecular complexity index is 763. The highest BCUT2D eigenvalue weighted by molar-refractivity contribution is 5.47.